The number of nitrogens with zero attached hydrogens (tertiary/aromatic N) is 2. The van der Waals surface area contributed by atoms with Crippen molar-refractivity contribution in [3.8, 4) is 5.69 Å². The summed E-state index contributed by atoms with van der Waals surface area (Å²) >= 11 is 0. The predicted octanol–water partition coefficient (Wildman–Crippen LogP) is 1.58. The molecule has 0 amide bonds. The first-order valence-electron chi connectivity index (χ1n) is 5.94. The van der Waals surface area contributed by atoms with Crippen LogP contribution in [0.2, 0.25) is 0 Å². The Hall–Kier alpha value is -2.43. The van der Waals surface area contributed by atoms with Gasteiger partial charge in [-0.15, -0.1) is 0 Å². The van der Waals surface area contributed by atoms with Crippen LogP contribution in [0.1, 0.15) is 23.0 Å². The first-order chi connectivity index (χ1) is 9.17. The van der Waals surface area contributed by atoms with Crippen molar-refractivity contribution >= 4 is 5.97 Å². The van der Waals surface area contributed by atoms with E-state index in [0.717, 1.165) is 12.0 Å². The summed E-state index contributed by atoms with van der Waals surface area (Å²) in [5.41, 5.74) is 1.49. The number of carbonyl (C=O) groups is 1. The van der Waals surface area contributed by atoms with E-state index in [-0.39, 0.29) is 11.3 Å². The molecule has 0 N–H and O–H groups in total. The first-order valence-corrected chi connectivity index (χ1v) is 5.94. The summed E-state index contributed by atoms with van der Waals surface area (Å²) in [6.07, 6.45) is 0.771. The zero-order valence-corrected chi connectivity index (χ0v) is 10.8. The standard InChI is InChI=1S/C14H14N2O3/c1-3-10-6-4-5-7-12(10)16-13(17)9-8-11(15-16)14(18)19-2/h4-9H,3H2,1-2H3. The van der Waals surface area contributed by atoms with E-state index in [1.54, 1.807) is 6.07 Å². The number of esters is 1. The molecule has 0 aliphatic heterocycles. The minimum atomic E-state index is -0.567. The molecule has 0 unspecified atom stereocenters. The molecule has 5 heteroatoms. The molecule has 0 fully saturated rings. The molecule has 0 saturated heterocycles. The SMILES string of the molecule is CCc1ccccc1-n1nc(C(=O)OC)ccc1=O. The Kier molecular flexibility index (Phi) is 3.75. The van der Waals surface area contributed by atoms with E-state index in [4.69, 9.17) is 0 Å². The molecule has 0 aliphatic carbocycles. The maximum atomic E-state index is 11.9. The molecule has 0 saturated carbocycles. The van der Waals surface area contributed by atoms with Crippen LogP contribution in [0.15, 0.2) is 41.2 Å². The average Bonchev–Trinajstić information content (AvgIpc) is 2.47. The van der Waals surface area contributed by atoms with E-state index in [2.05, 4.69) is 9.84 Å². The normalized spacial score (nSPS) is 10.2. The van der Waals surface area contributed by atoms with Crippen molar-refractivity contribution in [3.63, 3.8) is 0 Å². The van der Waals surface area contributed by atoms with E-state index < -0.39 is 5.97 Å². The third-order valence-corrected chi connectivity index (χ3v) is 2.80. The van der Waals surface area contributed by atoms with Crippen LogP contribution in [0.5, 0.6) is 0 Å². The van der Waals surface area contributed by atoms with Crippen molar-refractivity contribution < 1.29 is 9.53 Å². The van der Waals surface area contributed by atoms with Gasteiger partial charge in [0, 0.05) is 6.07 Å². The maximum Gasteiger partial charge on any atom is 0.358 e. The van der Waals surface area contributed by atoms with Crippen LogP contribution in [0.3, 0.4) is 0 Å². The molecule has 1 aromatic heterocycles. The van der Waals surface area contributed by atoms with Gasteiger partial charge in [-0.05, 0) is 24.1 Å². The Balaban J connectivity index is 2.61. The van der Waals surface area contributed by atoms with E-state index in [0.29, 0.717) is 5.69 Å². The molecular formula is C14H14N2O3. The predicted molar refractivity (Wildman–Crippen MR) is 70.6 cm³/mol. The van der Waals surface area contributed by atoms with Crippen molar-refractivity contribution in [3.05, 3.63) is 58.0 Å². The quantitative estimate of drug-likeness (QED) is 0.784. The van der Waals surface area contributed by atoms with Crippen LogP contribution in [-0.2, 0) is 11.2 Å². The van der Waals surface area contributed by atoms with Crippen molar-refractivity contribution in [2.24, 2.45) is 0 Å². The van der Waals surface area contributed by atoms with E-state index in [1.165, 1.54) is 23.9 Å². The van der Waals surface area contributed by atoms with Gasteiger partial charge in [-0.25, -0.2) is 4.79 Å². The number of aromatic nitrogens is 2. The number of hydrogen-bond acceptors (Lipinski definition) is 4. The van der Waals surface area contributed by atoms with Gasteiger partial charge in [0.1, 0.15) is 0 Å². The van der Waals surface area contributed by atoms with Gasteiger partial charge in [0.2, 0.25) is 0 Å². The number of benzene rings is 1. The molecule has 19 heavy (non-hydrogen) atoms. The molecule has 0 radical (unpaired) electrons. The smallest absolute Gasteiger partial charge is 0.358 e. The molecule has 0 bridgehead atoms. The molecule has 1 aromatic carbocycles. The molecule has 1 heterocycles. The van der Waals surface area contributed by atoms with E-state index >= 15 is 0 Å². The Morgan fingerprint density at radius 2 is 2.00 bits per heavy atom. The number of ether oxygens (including phenoxy) is 1. The van der Waals surface area contributed by atoms with Crippen molar-refractivity contribution in [1.29, 1.82) is 0 Å². The lowest BCUT2D eigenvalue weighted by atomic mass is 10.1. The Bertz CT molecular complexity index is 662. The highest BCUT2D eigenvalue weighted by molar-refractivity contribution is 5.86. The fourth-order valence-electron chi connectivity index (χ4n) is 1.81. The third kappa shape index (κ3) is 2.54. The maximum absolute atomic E-state index is 11.9. The van der Waals surface area contributed by atoms with Crippen molar-refractivity contribution in [1.82, 2.24) is 9.78 Å². The highest BCUT2D eigenvalue weighted by Crippen LogP contribution is 2.12. The van der Waals surface area contributed by atoms with Crippen molar-refractivity contribution in [2.75, 3.05) is 7.11 Å². The second-order valence-corrected chi connectivity index (χ2v) is 3.94. The van der Waals surface area contributed by atoms with Gasteiger partial charge in [0.05, 0.1) is 12.8 Å². The number of rotatable bonds is 3. The fraction of sp³-hybridized carbons (Fsp3) is 0.214. The largest absolute Gasteiger partial charge is 0.464 e. The van der Waals surface area contributed by atoms with Crippen LogP contribution in [-0.4, -0.2) is 22.9 Å². The lowest BCUT2D eigenvalue weighted by Gasteiger charge is -2.09. The van der Waals surface area contributed by atoms with Gasteiger partial charge < -0.3 is 4.74 Å². The second-order valence-electron chi connectivity index (χ2n) is 3.94. The third-order valence-electron chi connectivity index (χ3n) is 2.80. The molecule has 2 rings (SSSR count). The summed E-state index contributed by atoms with van der Waals surface area (Å²) in [7, 11) is 1.28. The second kappa shape index (κ2) is 5.48. The Labute approximate surface area is 110 Å². The van der Waals surface area contributed by atoms with Gasteiger partial charge in [0.15, 0.2) is 5.69 Å². The van der Waals surface area contributed by atoms with Crippen LogP contribution < -0.4 is 5.56 Å². The first kappa shape index (κ1) is 13.0. The summed E-state index contributed by atoms with van der Waals surface area (Å²) in [4.78, 5) is 23.4. The van der Waals surface area contributed by atoms with Gasteiger partial charge >= 0.3 is 5.97 Å². The zero-order valence-electron chi connectivity index (χ0n) is 10.8. The number of methoxy groups -OCH3 is 1. The van der Waals surface area contributed by atoms with E-state index in [1.807, 2.05) is 25.1 Å². The molecule has 0 atom stereocenters. The van der Waals surface area contributed by atoms with Crippen molar-refractivity contribution in [2.45, 2.75) is 13.3 Å². The molecule has 2 aromatic rings. The molecule has 5 nitrogen and oxygen atoms in total. The van der Waals surface area contributed by atoms with Crippen LogP contribution in [0.25, 0.3) is 5.69 Å². The number of hydrogen-bond donors (Lipinski definition) is 0. The van der Waals surface area contributed by atoms with Crippen LogP contribution in [0.4, 0.5) is 0 Å². The fourth-order valence-corrected chi connectivity index (χ4v) is 1.81. The average molecular weight is 258 g/mol. The Morgan fingerprint density at radius 3 is 2.68 bits per heavy atom. The molecule has 0 aliphatic rings. The molecule has 98 valence electrons. The van der Waals surface area contributed by atoms with Gasteiger partial charge in [-0.1, -0.05) is 25.1 Å². The number of para-hydroxylation sites is 1. The zero-order chi connectivity index (χ0) is 13.8. The minimum Gasteiger partial charge on any atom is -0.464 e. The summed E-state index contributed by atoms with van der Waals surface area (Å²) in [6, 6.07) is 10.1. The van der Waals surface area contributed by atoms with Crippen LogP contribution in [0, 0.1) is 0 Å². The monoisotopic (exact) mass is 258 g/mol. The highest BCUT2D eigenvalue weighted by Gasteiger charge is 2.11. The lowest BCUT2D eigenvalue weighted by molar-refractivity contribution is 0.0591. The van der Waals surface area contributed by atoms with Gasteiger partial charge in [-0.2, -0.15) is 9.78 Å². The molecular weight excluding hydrogens is 244 g/mol. The summed E-state index contributed by atoms with van der Waals surface area (Å²) in [5, 5.41) is 4.05. The lowest BCUT2D eigenvalue weighted by Crippen LogP contribution is -2.24. The molecule has 0 spiro atoms. The summed E-state index contributed by atoms with van der Waals surface area (Å²) in [6.45, 7) is 1.99. The summed E-state index contributed by atoms with van der Waals surface area (Å²) in [5.74, 6) is -0.567. The van der Waals surface area contributed by atoms with E-state index in [9.17, 15) is 9.59 Å². The summed E-state index contributed by atoms with van der Waals surface area (Å²) < 4.78 is 5.83. The highest BCUT2D eigenvalue weighted by atomic mass is 16.5. The number of aryl methyl sites for hydroxylation is 1. The number of carbonyl (C=O) groups excluding carboxylic acids is 1. The van der Waals surface area contributed by atoms with Gasteiger partial charge in [0.25, 0.3) is 5.56 Å². The van der Waals surface area contributed by atoms with Gasteiger partial charge in [-0.3, -0.25) is 4.79 Å². The minimum absolute atomic E-state index is 0.105. The Morgan fingerprint density at radius 1 is 1.26 bits per heavy atom. The van der Waals surface area contributed by atoms with Crippen LogP contribution >= 0.6 is 0 Å². The topological polar surface area (TPSA) is 61.2 Å².